The number of rotatable bonds is 10. The summed E-state index contributed by atoms with van der Waals surface area (Å²) < 4.78 is 1.95. The van der Waals surface area contributed by atoms with Gasteiger partial charge in [0, 0.05) is 17.1 Å². The Morgan fingerprint density at radius 2 is 2.14 bits per heavy atom. The Balaban J connectivity index is 1.55. The molecule has 0 saturated heterocycles. The molecule has 150 valence electrons. The van der Waals surface area contributed by atoms with Gasteiger partial charge in [0.15, 0.2) is 11.0 Å². The highest BCUT2D eigenvalue weighted by atomic mass is 32.2. The van der Waals surface area contributed by atoms with E-state index in [4.69, 9.17) is 0 Å². The number of benzene rings is 1. The Labute approximate surface area is 177 Å². The minimum absolute atomic E-state index is 0.197. The van der Waals surface area contributed by atoms with E-state index in [2.05, 4.69) is 51.7 Å². The van der Waals surface area contributed by atoms with Crippen LogP contribution in [0.2, 0.25) is 0 Å². The van der Waals surface area contributed by atoms with E-state index in [1.54, 1.807) is 23.6 Å². The lowest BCUT2D eigenvalue weighted by molar-refractivity contribution is -0.118. The molecule has 0 unspecified atom stereocenters. The van der Waals surface area contributed by atoms with Crippen LogP contribution in [0.5, 0.6) is 0 Å². The van der Waals surface area contributed by atoms with Gasteiger partial charge in [0.25, 0.3) is 5.91 Å². The van der Waals surface area contributed by atoms with Gasteiger partial charge in [-0.05, 0) is 30.5 Å². The second-order valence-corrected chi connectivity index (χ2v) is 8.04. The number of aryl methyl sites for hydroxylation is 1. The second kappa shape index (κ2) is 10.6. The van der Waals surface area contributed by atoms with Crippen molar-refractivity contribution in [1.82, 2.24) is 20.2 Å². The fourth-order valence-corrected chi connectivity index (χ4v) is 3.76. The number of carbonyl (C=O) groups excluding carboxylic acids is 1. The number of allylic oxidation sites excluding steroid dienone is 1. The second-order valence-electron chi connectivity index (χ2n) is 6.11. The predicted octanol–water partition coefficient (Wildman–Crippen LogP) is 3.69. The molecule has 2 aromatic heterocycles. The number of nitrogens with zero attached hydrogens (tertiary/aromatic N) is 4. The van der Waals surface area contributed by atoms with Crippen LogP contribution in [0.4, 0.5) is 5.69 Å². The highest BCUT2D eigenvalue weighted by Gasteiger charge is 2.13. The Morgan fingerprint density at radius 1 is 1.31 bits per heavy atom. The number of thioether (sulfide) groups is 1. The summed E-state index contributed by atoms with van der Waals surface area (Å²) in [5, 5.41) is 18.4. The lowest BCUT2D eigenvalue weighted by Gasteiger charge is -2.09. The van der Waals surface area contributed by atoms with Gasteiger partial charge in [-0.25, -0.2) is 5.43 Å². The van der Waals surface area contributed by atoms with Gasteiger partial charge in [-0.2, -0.15) is 5.10 Å². The van der Waals surface area contributed by atoms with Crippen LogP contribution in [0.25, 0.3) is 0 Å². The molecule has 1 aromatic carbocycles. The lowest BCUT2D eigenvalue weighted by Crippen LogP contribution is -2.20. The van der Waals surface area contributed by atoms with Gasteiger partial charge in [-0.1, -0.05) is 41.6 Å². The molecular weight excluding hydrogens is 404 g/mol. The number of amides is 1. The first-order valence-electron chi connectivity index (χ1n) is 8.97. The van der Waals surface area contributed by atoms with Crippen molar-refractivity contribution in [3.05, 3.63) is 70.7 Å². The van der Waals surface area contributed by atoms with E-state index >= 15 is 0 Å². The van der Waals surface area contributed by atoms with Crippen LogP contribution in [-0.2, 0) is 17.9 Å². The third-order valence-electron chi connectivity index (χ3n) is 3.86. The number of hydrazone groups is 1. The number of carbonyl (C=O) groups is 1. The van der Waals surface area contributed by atoms with E-state index in [-0.39, 0.29) is 11.7 Å². The molecule has 0 spiro atoms. The molecular formula is C20H22N6OS2. The van der Waals surface area contributed by atoms with E-state index < -0.39 is 0 Å². The summed E-state index contributed by atoms with van der Waals surface area (Å²) >= 11 is 2.87. The summed E-state index contributed by atoms with van der Waals surface area (Å²) in [7, 11) is 0. The van der Waals surface area contributed by atoms with E-state index in [1.807, 2.05) is 34.2 Å². The SMILES string of the molecule is C=CCn1c(CNc2ccc(C)cc2)nnc1SCC(=O)NN=Cc1cccs1. The number of hydrogen-bond acceptors (Lipinski definition) is 7. The van der Waals surface area contributed by atoms with Crippen molar-refractivity contribution in [2.75, 3.05) is 11.1 Å². The third-order valence-corrected chi connectivity index (χ3v) is 5.64. The number of anilines is 1. The summed E-state index contributed by atoms with van der Waals surface area (Å²) in [6.07, 6.45) is 3.41. The molecule has 29 heavy (non-hydrogen) atoms. The van der Waals surface area contributed by atoms with Gasteiger partial charge in [-0.3, -0.25) is 4.79 Å². The largest absolute Gasteiger partial charge is 0.378 e. The molecule has 2 heterocycles. The van der Waals surface area contributed by atoms with Crippen molar-refractivity contribution >= 4 is 40.9 Å². The quantitative estimate of drug-likeness (QED) is 0.224. The lowest BCUT2D eigenvalue weighted by atomic mass is 10.2. The molecule has 0 aliphatic rings. The minimum atomic E-state index is -0.199. The molecule has 0 saturated carbocycles. The molecule has 0 aliphatic carbocycles. The normalized spacial score (nSPS) is 10.9. The van der Waals surface area contributed by atoms with Crippen LogP contribution in [0.1, 0.15) is 16.3 Å². The molecule has 0 fully saturated rings. The van der Waals surface area contributed by atoms with E-state index in [0.717, 1.165) is 16.4 Å². The zero-order valence-corrected chi connectivity index (χ0v) is 17.7. The van der Waals surface area contributed by atoms with Gasteiger partial charge < -0.3 is 9.88 Å². The molecule has 0 atom stereocenters. The van der Waals surface area contributed by atoms with E-state index in [9.17, 15) is 4.79 Å². The van der Waals surface area contributed by atoms with Crippen molar-refractivity contribution in [3.8, 4) is 0 Å². The van der Waals surface area contributed by atoms with Crippen LogP contribution in [0.3, 0.4) is 0 Å². The molecule has 9 heteroatoms. The van der Waals surface area contributed by atoms with Crippen LogP contribution in [0, 0.1) is 6.92 Å². The fraction of sp³-hybridized carbons (Fsp3) is 0.200. The van der Waals surface area contributed by atoms with Crippen LogP contribution >= 0.6 is 23.1 Å². The zero-order chi connectivity index (χ0) is 20.5. The first-order chi connectivity index (χ1) is 14.2. The average molecular weight is 427 g/mol. The van der Waals surface area contributed by atoms with Crippen molar-refractivity contribution in [2.45, 2.75) is 25.2 Å². The summed E-state index contributed by atoms with van der Waals surface area (Å²) in [6, 6.07) is 12.0. The Bertz CT molecular complexity index is 964. The molecule has 0 bridgehead atoms. The van der Waals surface area contributed by atoms with Gasteiger partial charge in [-0.15, -0.1) is 28.1 Å². The molecule has 7 nitrogen and oxygen atoms in total. The standard InChI is InChI=1S/C20H22N6OS2/c1-3-10-26-18(13-21-16-8-6-15(2)7-9-16)23-25-20(26)29-14-19(27)24-22-12-17-5-4-11-28-17/h3-9,11-12,21H,1,10,13-14H2,2H3,(H,24,27). The Kier molecular flexibility index (Phi) is 7.60. The maximum absolute atomic E-state index is 12.0. The van der Waals surface area contributed by atoms with Crippen LogP contribution in [0.15, 0.2) is 64.7 Å². The first kappa shape index (κ1) is 20.8. The maximum atomic E-state index is 12.0. The van der Waals surface area contributed by atoms with Crippen molar-refractivity contribution < 1.29 is 4.79 Å². The summed E-state index contributed by atoms with van der Waals surface area (Å²) in [5.41, 5.74) is 4.75. The zero-order valence-electron chi connectivity index (χ0n) is 16.0. The Hall–Kier alpha value is -2.91. The topological polar surface area (TPSA) is 84.2 Å². The predicted molar refractivity (Wildman–Crippen MR) is 120 cm³/mol. The fourth-order valence-electron chi connectivity index (χ4n) is 2.42. The molecule has 3 aromatic rings. The van der Waals surface area contributed by atoms with Gasteiger partial charge in [0.1, 0.15) is 0 Å². The van der Waals surface area contributed by atoms with Gasteiger partial charge >= 0.3 is 0 Å². The monoisotopic (exact) mass is 426 g/mol. The highest BCUT2D eigenvalue weighted by molar-refractivity contribution is 7.99. The first-order valence-corrected chi connectivity index (χ1v) is 10.8. The molecule has 3 rings (SSSR count). The number of thiophene rings is 1. The van der Waals surface area contributed by atoms with E-state index in [0.29, 0.717) is 18.2 Å². The number of nitrogens with one attached hydrogen (secondary N) is 2. The Morgan fingerprint density at radius 3 is 2.86 bits per heavy atom. The smallest absolute Gasteiger partial charge is 0.250 e. The molecule has 0 aliphatic heterocycles. The van der Waals surface area contributed by atoms with Gasteiger partial charge in [0.05, 0.1) is 18.5 Å². The van der Waals surface area contributed by atoms with E-state index in [1.165, 1.54) is 17.3 Å². The average Bonchev–Trinajstić information content (AvgIpc) is 3.37. The molecule has 2 N–H and O–H groups in total. The van der Waals surface area contributed by atoms with Crippen LogP contribution in [-0.4, -0.2) is 32.6 Å². The van der Waals surface area contributed by atoms with Crippen molar-refractivity contribution in [3.63, 3.8) is 0 Å². The maximum Gasteiger partial charge on any atom is 0.250 e. The highest BCUT2D eigenvalue weighted by Crippen LogP contribution is 2.18. The molecule has 1 amide bonds. The number of aromatic nitrogens is 3. The van der Waals surface area contributed by atoms with Gasteiger partial charge in [0.2, 0.25) is 0 Å². The summed E-state index contributed by atoms with van der Waals surface area (Å²) in [6.45, 7) is 6.95. The third kappa shape index (κ3) is 6.30. The minimum Gasteiger partial charge on any atom is -0.378 e. The summed E-state index contributed by atoms with van der Waals surface area (Å²) in [5.74, 6) is 0.780. The van der Waals surface area contributed by atoms with Crippen LogP contribution < -0.4 is 10.7 Å². The summed E-state index contributed by atoms with van der Waals surface area (Å²) in [4.78, 5) is 13.0. The van der Waals surface area contributed by atoms with Crippen molar-refractivity contribution in [2.24, 2.45) is 5.10 Å². The number of hydrogen-bond donors (Lipinski definition) is 2. The van der Waals surface area contributed by atoms with Crippen molar-refractivity contribution in [1.29, 1.82) is 0 Å². The molecule has 0 radical (unpaired) electrons.